The second kappa shape index (κ2) is 7.66. The first kappa shape index (κ1) is 17.9. The molecule has 4 rings (SSSR count). The van der Waals surface area contributed by atoms with Gasteiger partial charge in [0.05, 0.1) is 35.2 Å². The monoisotopic (exact) mass is 383 g/mol. The van der Waals surface area contributed by atoms with E-state index in [1.54, 1.807) is 10.9 Å². The van der Waals surface area contributed by atoms with Gasteiger partial charge in [0.1, 0.15) is 11.4 Å². The van der Waals surface area contributed by atoms with Gasteiger partial charge in [0, 0.05) is 13.1 Å². The lowest BCUT2D eigenvalue weighted by molar-refractivity contribution is -0.140. The molecule has 2 atom stereocenters. The summed E-state index contributed by atoms with van der Waals surface area (Å²) in [7, 11) is 0. The molecule has 140 valence electrons. The fraction of sp³-hybridized carbons (Fsp3) is 0.368. The van der Waals surface area contributed by atoms with Crippen molar-refractivity contribution in [1.82, 2.24) is 24.6 Å². The summed E-state index contributed by atoms with van der Waals surface area (Å²) in [4.78, 5) is 23.2. The maximum absolute atomic E-state index is 12.6. The number of nitrogens with zero attached hydrogens (tertiary/aromatic N) is 5. The van der Waals surface area contributed by atoms with Crippen LogP contribution in [0, 0.1) is 0 Å². The number of ether oxygens (including phenoxy) is 1. The van der Waals surface area contributed by atoms with Gasteiger partial charge in [0.2, 0.25) is 5.91 Å². The van der Waals surface area contributed by atoms with Gasteiger partial charge in [-0.05, 0) is 26.0 Å². The highest BCUT2D eigenvalue weighted by Gasteiger charge is 2.26. The predicted octanol–water partition coefficient (Wildman–Crippen LogP) is 2.54. The number of fused-ring (bicyclic) bond motifs is 1. The lowest BCUT2D eigenvalue weighted by Crippen LogP contribution is -2.48. The van der Waals surface area contributed by atoms with Gasteiger partial charge in [-0.3, -0.25) is 4.79 Å². The van der Waals surface area contributed by atoms with Crippen LogP contribution in [0.25, 0.3) is 16.7 Å². The van der Waals surface area contributed by atoms with Crippen LogP contribution >= 0.6 is 11.8 Å². The Morgan fingerprint density at radius 3 is 2.67 bits per heavy atom. The molecule has 27 heavy (non-hydrogen) atoms. The molecule has 0 bridgehead atoms. The first-order chi connectivity index (χ1) is 13.1. The minimum Gasteiger partial charge on any atom is -0.372 e. The fourth-order valence-corrected chi connectivity index (χ4v) is 4.16. The Hall–Kier alpha value is -2.45. The third-order valence-electron chi connectivity index (χ3n) is 4.43. The molecular formula is C19H21N5O2S. The van der Waals surface area contributed by atoms with Crippen LogP contribution in [0.3, 0.4) is 0 Å². The maximum atomic E-state index is 12.6. The molecule has 1 amide bonds. The molecule has 0 unspecified atom stereocenters. The number of carbonyl (C=O) groups excluding carboxylic acids is 1. The van der Waals surface area contributed by atoms with E-state index in [9.17, 15) is 4.79 Å². The number of morpholine rings is 1. The molecule has 1 aromatic carbocycles. The molecule has 1 fully saturated rings. The van der Waals surface area contributed by atoms with Crippen molar-refractivity contribution < 1.29 is 9.53 Å². The van der Waals surface area contributed by atoms with Gasteiger partial charge in [0.25, 0.3) is 0 Å². The Balaban J connectivity index is 1.51. The highest BCUT2D eigenvalue weighted by atomic mass is 32.2. The summed E-state index contributed by atoms with van der Waals surface area (Å²) in [6.07, 6.45) is 3.42. The largest absolute Gasteiger partial charge is 0.372 e. The molecule has 1 aliphatic rings. The molecule has 0 spiro atoms. The zero-order chi connectivity index (χ0) is 18.8. The smallest absolute Gasteiger partial charge is 0.233 e. The minimum absolute atomic E-state index is 0.0672. The summed E-state index contributed by atoms with van der Waals surface area (Å²) >= 11 is 1.43. The van der Waals surface area contributed by atoms with Crippen molar-refractivity contribution in [3.8, 4) is 5.69 Å². The fourth-order valence-electron chi connectivity index (χ4n) is 3.30. The van der Waals surface area contributed by atoms with Crippen LogP contribution in [-0.4, -0.2) is 61.6 Å². The van der Waals surface area contributed by atoms with E-state index >= 15 is 0 Å². The van der Waals surface area contributed by atoms with Crippen molar-refractivity contribution >= 4 is 28.7 Å². The third kappa shape index (κ3) is 3.81. The van der Waals surface area contributed by atoms with Gasteiger partial charge in [-0.1, -0.05) is 30.0 Å². The van der Waals surface area contributed by atoms with Crippen LogP contribution in [-0.2, 0) is 9.53 Å². The molecule has 7 nitrogen and oxygen atoms in total. The number of thioether (sulfide) groups is 1. The topological polar surface area (TPSA) is 73.1 Å². The number of aromatic nitrogens is 4. The van der Waals surface area contributed by atoms with Crippen molar-refractivity contribution in [3.63, 3.8) is 0 Å². The zero-order valence-corrected chi connectivity index (χ0v) is 16.1. The van der Waals surface area contributed by atoms with E-state index in [1.807, 2.05) is 49.1 Å². The number of hydrogen-bond acceptors (Lipinski definition) is 6. The van der Waals surface area contributed by atoms with Gasteiger partial charge in [0.15, 0.2) is 5.65 Å². The highest BCUT2D eigenvalue weighted by molar-refractivity contribution is 8.00. The summed E-state index contributed by atoms with van der Waals surface area (Å²) in [5.41, 5.74) is 1.68. The van der Waals surface area contributed by atoms with E-state index in [2.05, 4.69) is 15.1 Å². The molecule has 1 aliphatic heterocycles. The molecule has 1 saturated heterocycles. The summed E-state index contributed by atoms with van der Waals surface area (Å²) < 4.78 is 7.49. The highest BCUT2D eigenvalue weighted by Crippen LogP contribution is 2.26. The number of para-hydroxylation sites is 1. The molecule has 3 aromatic rings. The number of rotatable bonds is 4. The lowest BCUT2D eigenvalue weighted by Gasteiger charge is -2.35. The van der Waals surface area contributed by atoms with Crippen LogP contribution in [0.1, 0.15) is 13.8 Å². The van der Waals surface area contributed by atoms with Crippen LogP contribution in [0.5, 0.6) is 0 Å². The molecule has 3 heterocycles. The Morgan fingerprint density at radius 2 is 1.93 bits per heavy atom. The normalized spacial score (nSPS) is 20.1. The van der Waals surface area contributed by atoms with Crippen molar-refractivity contribution in [2.75, 3.05) is 18.8 Å². The van der Waals surface area contributed by atoms with Crippen molar-refractivity contribution in [1.29, 1.82) is 0 Å². The Morgan fingerprint density at radius 1 is 1.19 bits per heavy atom. The number of carbonyl (C=O) groups is 1. The summed E-state index contributed by atoms with van der Waals surface area (Å²) in [6.45, 7) is 5.26. The average molecular weight is 383 g/mol. The van der Waals surface area contributed by atoms with Gasteiger partial charge in [-0.25, -0.2) is 14.6 Å². The number of benzene rings is 1. The van der Waals surface area contributed by atoms with Crippen molar-refractivity contribution in [2.45, 2.75) is 31.1 Å². The van der Waals surface area contributed by atoms with E-state index in [4.69, 9.17) is 4.74 Å². The summed E-state index contributed by atoms with van der Waals surface area (Å²) in [5.74, 6) is 0.437. The van der Waals surface area contributed by atoms with Gasteiger partial charge in [-0.15, -0.1) is 0 Å². The van der Waals surface area contributed by atoms with Gasteiger partial charge in [-0.2, -0.15) is 5.10 Å². The van der Waals surface area contributed by atoms with E-state index < -0.39 is 0 Å². The number of hydrogen-bond donors (Lipinski definition) is 0. The standard InChI is InChI=1S/C19H21N5O2S/c1-13-9-23(10-14(2)26-13)17(25)11-27-19-16-8-22-24(18(16)20-12-21-19)15-6-4-3-5-7-15/h3-8,12-14H,9-11H2,1-2H3/t13-,14-/m1/s1. The number of amides is 1. The van der Waals surface area contributed by atoms with Gasteiger partial charge >= 0.3 is 0 Å². The van der Waals surface area contributed by atoms with E-state index in [1.165, 1.54) is 18.1 Å². The maximum Gasteiger partial charge on any atom is 0.233 e. The molecule has 0 radical (unpaired) electrons. The first-order valence-corrected chi connectivity index (χ1v) is 9.90. The van der Waals surface area contributed by atoms with E-state index in [-0.39, 0.29) is 18.1 Å². The lowest BCUT2D eigenvalue weighted by atomic mass is 10.2. The Bertz CT molecular complexity index is 936. The zero-order valence-electron chi connectivity index (χ0n) is 15.3. The third-order valence-corrected chi connectivity index (χ3v) is 5.42. The molecule has 0 aliphatic carbocycles. The van der Waals surface area contributed by atoms with Crippen LogP contribution in [0.4, 0.5) is 0 Å². The molecule has 2 aromatic heterocycles. The minimum atomic E-state index is 0.0672. The van der Waals surface area contributed by atoms with Gasteiger partial charge < -0.3 is 9.64 Å². The quantitative estimate of drug-likeness (QED) is 0.509. The SMILES string of the molecule is C[C@@H]1CN(C(=O)CSc2ncnc3c2cnn3-c2ccccc2)C[C@@H](C)O1. The van der Waals surface area contributed by atoms with Crippen molar-refractivity contribution in [3.05, 3.63) is 42.9 Å². The van der Waals surface area contributed by atoms with Crippen LogP contribution < -0.4 is 0 Å². The van der Waals surface area contributed by atoms with Crippen molar-refractivity contribution in [2.24, 2.45) is 0 Å². The second-order valence-electron chi connectivity index (χ2n) is 6.65. The first-order valence-electron chi connectivity index (χ1n) is 8.92. The predicted molar refractivity (Wildman–Crippen MR) is 104 cm³/mol. The second-order valence-corrected chi connectivity index (χ2v) is 7.62. The molecule has 0 N–H and O–H groups in total. The Kier molecular flexibility index (Phi) is 5.09. The van der Waals surface area contributed by atoms with Crippen LogP contribution in [0.2, 0.25) is 0 Å². The molecule has 0 saturated carbocycles. The van der Waals surface area contributed by atoms with Crippen LogP contribution in [0.15, 0.2) is 47.9 Å². The average Bonchev–Trinajstić information content (AvgIpc) is 3.10. The Labute approximate surface area is 161 Å². The summed E-state index contributed by atoms with van der Waals surface area (Å²) in [6, 6.07) is 9.84. The van der Waals surface area contributed by atoms with E-state index in [0.29, 0.717) is 18.8 Å². The molecular weight excluding hydrogens is 362 g/mol. The molecule has 8 heteroatoms. The van der Waals surface area contributed by atoms with E-state index in [0.717, 1.165) is 21.7 Å². The summed E-state index contributed by atoms with van der Waals surface area (Å²) in [5, 5.41) is 6.07.